The van der Waals surface area contributed by atoms with Crippen LogP contribution in [-0.4, -0.2) is 42.8 Å². The minimum atomic E-state index is -0.900. The SMILES string of the molecule is CCOC(=O)[C@H](C#N)C=N[C@H]1CCN(Cc2ccccc2)C1. The van der Waals surface area contributed by atoms with Gasteiger partial charge >= 0.3 is 5.97 Å². The first-order chi connectivity index (χ1) is 10.7. The van der Waals surface area contributed by atoms with Gasteiger partial charge in [0.1, 0.15) is 0 Å². The minimum Gasteiger partial charge on any atom is -0.465 e. The molecule has 0 saturated carbocycles. The summed E-state index contributed by atoms with van der Waals surface area (Å²) in [6.45, 7) is 4.74. The number of rotatable bonds is 6. The van der Waals surface area contributed by atoms with Gasteiger partial charge in [-0.05, 0) is 18.9 Å². The van der Waals surface area contributed by atoms with E-state index in [9.17, 15) is 4.79 Å². The van der Waals surface area contributed by atoms with Gasteiger partial charge in [0, 0.05) is 25.8 Å². The van der Waals surface area contributed by atoms with Gasteiger partial charge in [-0.3, -0.25) is 14.7 Å². The highest BCUT2D eigenvalue weighted by Gasteiger charge is 2.23. The Morgan fingerprint density at radius 2 is 2.32 bits per heavy atom. The number of nitrogens with zero attached hydrogens (tertiary/aromatic N) is 3. The van der Waals surface area contributed by atoms with Crippen LogP contribution in [0.1, 0.15) is 18.9 Å². The Labute approximate surface area is 131 Å². The number of esters is 1. The molecule has 1 aliphatic heterocycles. The maximum Gasteiger partial charge on any atom is 0.328 e. The van der Waals surface area contributed by atoms with Gasteiger partial charge in [-0.2, -0.15) is 5.26 Å². The molecule has 0 radical (unpaired) electrons. The molecule has 0 spiro atoms. The fourth-order valence-corrected chi connectivity index (χ4v) is 2.51. The van der Waals surface area contributed by atoms with Crippen molar-refractivity contribution in [2.24, 2.45) is 10.9 Å². The first kappa shape index (κ1) is 16.2. The Morgan fingerprint density at radius 1 is 1.55 bits per heavy atom. The average molecular weight is 299 g/mol. The maximum atomic E-state index is 11.5. The lowest BCUT2D eigenvalue weighted by Crippen LogP contribution is -2.22. The van der Waals surface area contributed by atoms with E-state index >= 15 is 0 Å². The summed E-state index contributed by atoms with van der Waals surface area (Å²) in [7, 11) is 0. The highest BCUT2D eigenvalue weighted by atomic mass is 16.5. The van der Waals surface area contributed by atoms with E-state index in [1.807, 2.05) is 24.3 Å². The number of hydrogen-bond donors (Lipinski definition) is 0. The predicted molar refractivity (Wildman–Crippen MR) is 84.4 cm³/mol. The number of nitriles is 1. The van der Waals surface area contributed by atoms with Gasteiger partial charge in [-0.25, -0.2) is 0 Å². The number of ether oxygens (including phenoxy) is 1. The van der Waals surface area contributed by atoms with Crippen molar-refractivity contribution < 1.29 is 9.53 Å². The van der Waals surface area contributed by atoms with E-state index < -0.39 is 11.9 Å². The molecule has 116 valence electrons. The van der Waals surface area contributed by atoms with Crippen molar-refractivity contribution in [2.45, 2.75) is 25.9 Å². The number of carbonyl (C=O) groups is 1. The third-order valence-electron chi connectivity index (χ3n) is 3.62. The van der Waals surface area contributed by atoms with Crippen LogP contribution in [0.3, 0.4) is 0 Å². The maximum absolute atomic E-state index is 11.5. The molecule has 22 heavy (non-hydrogen) atoms. The van der Waals surface area contributed by atoms with E-state index in [0.29, 0.717) is 0 Å². The summed E-state index contributed by atoms with van der Waals surface area (Å²) in [5.41, 5.74) is 1.29. The molecule has 1 aromatic carbocycles. The molecule has 1 aliphatic rings. The van der Waals surface area contributed by atoms with E-state index in [-0.39, 0.29) is 12.6 Å². The van der Waals surface area contributed by atoms with Crippen molar-refractivity contribution in [3.8, 4) is 6.07 Å². The Kier molecular flexibility index (Phi) is 6.11. The average Bonchev–Trinajstić information content (AvgIpc) is 2.97. The van der Waals surface area contributed by atoms with Crippen molar-refractivity contribution >= 4 is 12.2 Å². The zero-order chi connectivity index (χ0) is 15.8. The van der Waals surface area contributed by atoms with Gasteiger partial charge in [0.2, 0.25) is 0 Å². The summed E-state index contributed by atoms with van der Waals surface area (Å²) >= 11 is 0. The number of hydrogen-bond acceptors (Lipinski definition) is 5. The fourth-order valence-electron chi connectivity index (χ4n) is 2.51. The zero-order valence-corrected chi connectivity index (χ0v) is 12.8. The molecule has 2 rings (SSSR count). The number of aliphatic imine (C=N–C) groups is 1. The molecule has 2 atom stereocenters. The first-order valence-corrected chi connectivity index (χ1v) is 7.58. The van der Waals surface area contributed by atoms with Crippen LogP contribution in [0.5, 0.6) is 0 Å². The zero-order valence-electron chi connectivity index (χ0n) is 12.8. The molecule has 1 heterocycles. The van der Waals surface area contributed by atoms with Crippen LogP contribution < -0.4 is 0 Å². The number of benzene rings is 1. The van der Waals surface area contributed by atoms with Crippen molar-refractivity contribution in [2.75, 3.05) is 19.7 Å². The Bertz CT molecular complexity index is 551. The molecule has 0 amide bonds. The van der Waals surface area contributed by atoms with Gasteiger partial charge < -0.3 is 4.74 Å². The number of carbonyl (C=O) groups excluding carboxylic acids is 1. The second-order valence-corrected chi connectivity index (χ2v) is 5.32. The summed E-state index contributed by atoms with van der Waals surface area (Å²) in [4.78, 5) is 18.3. The van der Waals surface area contributed by atoms with Gasteiger partial charge in [-0.1, -0.05) is 30.3 Å². The van der Waals surface area contributed by atoms with Crippen LogP contribution in [-0.2, 0) is 16.1 Å². The Hall–Kier alpha value is -2.19. The molecule has 0 aromatic heterocycles. The summed E-state index contributed by atoms with van der Waals surface area (Å²) < 4.78 is 4.85. The third kappa shape index (κ3) is 4.68. The Balaban J connectivity index is 1.84. The van der Waals surface area contributed by atoms with Gasteiger partial charge in [-0.15, -0.1) is 0 Å². The van der Waals surface area contributed by atoms with E-state index in [2.05, 4.69) is 22.0 Å². The van der Waals surface area contributed by atoms with Crippen LogP contribution in [0.2, 0.25) is 0 Å². The second-order valence-electron chi connectivity index (χ2n) is 5.32. The molecular weight excluding hydrogens is 278 g/mol. The molecule has 0 N–H and O–H groups in total. The second kappa shape index (κ2) is 8.30. The largest absolute Gasteiger partial charge is 0.465 e. The molecule has 0 aliphatic carbocycles. The number of likely N-dealkylation sites (tertiary alicyclic amines) is 1. The summed E-state index contributed by atoms with van der Waals surface area (Å²) in [5.74, 6) is -1.42. The lowest BCUT2D eigenvalue weighted by atomic mass is 10.2. The lowest BCUT2D eigenvalue weighted by molar-refractivity contribution is -0.143. The third-order valence-corrected chi connectivity index (χ3v) is 3.62. The topological polar surface area (TPSA) is 65.7 Å². The van der Waals surface area contributed by atoms with E-state index in [1.165, 1.54) is 11.8 Å². The van der Waals surface area contributed by atoms with E-state index in [1.54, 1.807) is 6.92 Å². The molecule has 5 heteroatoms. The molecule has 5 nitrogen and oxygen atoms in total. The minimum absolute atomic E-state index is 0.147. The van der Waals surface area contributed by atoms with Crippen LogP contribution in [0, 0.1) is 17.2 Å². The first-order valence-electron chi connectivity index (χ1n) is 7.58. The van der Waals surface area contributed by atoms with Crippen molar-refractivity contribution in [3.63, 3.8) is 0 Å². The van der Waals surface area contributed by atoms with Crippen molar-refractivity contribution in [1.82, 2.24) is 4.90 Å². The molecule has 1 aromatic rings. The quantitative estimate of drug-likeness (QED) is 0.595. The van der Waals surface area contributed by atoms with E-state index in [4.69, 9.17) is 10.00 Å². The van der Waals surface area contributed by atoms with Crippen molar-refractivity contribution in [1.29, 1.82) is 5.26 Å². The van der Waals surface area contributed by atoms with Crippen molar-refractivity contribution in [3.05, 3.63) is 35.9 Å². The van der Waals surface area contributed by atoms with Crippen LogP contribution in [0.25, 0.3) is 0 Å². The fraction of sp³-hybridized carbons (Fsp3) is 0.471. The summed E-state index contributed by atoms with van der Waals surface area (Å²) in [6.07, 6.45) is 2.39. The monoisotopic (exact) mass is 299 g/mol. The van der Waals surface area contributed by atoms with Gasteiger partial charge in [0.25, 0.3) is 0 Å². The Morgan fingerprint density at radius 3 is 3.00 bits per heavy atom. The van der Waals surface area contributed by atoms with Crippen LogP contribution in [0.4, 0.5) is 0 Å². The standard InChI is InChI=1S/C17H21N3O2/c1-2-22-17(21)15(10-18)11-19-16-8-9-20(13-16)12-14-6-4-3-5-7-14/h3-7,11,15-16H,2,8-9,12-13H2,1H3/t15-,16+/m1/s1. The van der Waals surface area contributed by atoms with Gasteiger partial charge in [0.15, 0.2) is 5.92 Å². The molecule has 1 saturated heterocycles. The smallest absolute Gasteiger partial charge is 0.328 e. The van der Waals surface area contributed by atoms with Gasteiger partial charge in [0.05, 0.1) is 18.7 Å². The van der Waals surface area contributed by atoms with Crippen LogP contribution in [0.15, 0.2) is 35.3 Å². The van der Waals surface area contributed by atoms with E-state index in [0.717, 1.165) is 26.1 Å². The lowest BCUT2D eigenvalue weighted by Gasteiger charge is -2.14. The highest BCUT2D eigenvalue weighted by Crippen LogP contribution is 2.16. The molecular formula is C17H21N3O2. The summed E-state index contributed by atoms with van der Waals surface area (Å²) in [6, 6.07) is 12.4. The van der Waals surface area contributed by atoms with Crippen LogP contribution >= 0.6 is 0 Å². The predicted octanol–water partition coefficient (Wildman–Crippen LogP) is 2.03. The normalized spacial score (nSPS) is 19.9. The molecule has 1 fully saturated rings. The molecule has 0 bridgehead atoms. The molecule has 0 unspecified atom stereocenters. The highest BCUT2D eigenvalue weighted by molar-refractivity contribution is 5.92. The summed E-state index contributed by atoms with van der Waals surface area (Å²) in [5, 5.41) is 8.99.